The van der Waals surface area contributed by atoms with Gasteiger partial charge in [0.25, 0.3) is 0 Å². The lowest BCUT2D eigenvalue weighted by atomic mass is 9.91. The first-order valence-electron chi connectivity index (χ1n) is 11.6. The molecule has 1 aromatic heterocycles. The molecule has 0 bridgehead atoms. The zero-order chi connectivity index (χ0) is 22.8. The summed E-state index contributed by atoms with van der Waals surface area (Å²) in [6.45, 7) is 13.5. The number of hydrogen-bond donors (Lipinski definition) is 0. The number of hydrogen-bond acceptors (Lipinski definition) is 2. The van der Waals surface area contributed by atoms with Gasteiger partial charge in [-0.2, -0.15) is 5.10 Å². The third-order valence-electron chi connectivity index (χ3n) is 6.13. The Morgan fingerprint density at radius 2 is 1.25 bits per heavy atom. The molecule has 0 amide bonds. The van der Waals surface area contributed by atoms with Crippen LogP contribution in [0.1, 0.15) is 76.0 Å². The van der Waals surface area contributed by atoms with E-state index in [1.807, 2.05) is 0 Å². The van der Waals surface area contributed by atoms with Gasteiger partial charge < -0.3 is 0 Å². The minimum Gasteiger partial charge on any atom is -0.215 e. The van der Waals surface area contributed by atoms with Crippen molar-refractivity contribution < 1.29 is 0 Å². The lowest BCUT2D eigenvalue weighted by Crippen LogP contribution is -2.10. The third kappa shape index (κ3) is 4.12. The quantitative estimate of drug-likeness (QED) is 0.315. The highest BCUT2D eigenvalue weighted by molar-refractivity contribution is 5.74. The predicted octanol–water partition coefficient (Wildman–Crippen LogP) is 7.97. The fourth-order valence-electron chi connectivity index (χ4n) is 4.41. The Kier molecular flexibility index (Phi) is 6.27. The second-order valence-corrected chi connectivity index (χ2v) is 9.41. The van der Waals surface area contributed by atoms with Crippen molar-refractivity contribution in [1.29, 1.82) is 0 Å². The molecule has 0 radical (unpaired) electrons. The van der Waals surface area contributed by atoms with Gasteiger partial charge in [-0.05, 0) is 51.6 Å². The van der Waals surface area contributed by atoms with Gasteiger partial charge >= 0.3 is 0 Å². The van der Waals surface area contributed by atoms with Crippen LogP contribution >= 0.6 is 0 Å². The number of rotatable bonds is 6. The Morgan fingerprint density at radius 3 is 1.84 bits per heavy atom. The van der Waals surface area contributed by atoms with Crippen molar-refractivity contribution >= 4 is 0 Å². The number of aromatic nitrogens is 3. The molecule has 0 N–H and O–H groups in total. The molecule has 0 saturated heterocycles. The van der Waals surface area contributed by atoms with Crippen molar-refractivity contribution in [3.05, 3.63) is 89.7 Å². The van der Waals surface area contributed by atoms with Gasteiger partial charge in [-0.15, -0.1) is 0 Å². The van der Waals surface area contributed by atoms with Crippen molar-refractivity contribution in [2.24, 2.45) is 0 Å². The number of nitrogens with zero attached hydrogens (tertiary/aromatic N) is 3. The van der Waals surface area contributed by atoms with Crippen LogP contribution in [-0.2, 0) is 0 Å². The van der Waals surface area contributed by atoms with Crippen molar-refractivity contribution in [3.8, 4) is 28.2 Å². The molecule has 1 heterocycles. The second kappa shape index (κ2) is 9.12. The lowest BCUT2D eigenvalue weighted by Gasteiger charge is -2.21. The maximum Gasteiger partial charge on any atom is 0.163 e. The molecule has 3 heteroatoms. The second-order valence-electron chi connectivity index (χ2n) is 9.41. The van der Waals surface area contributed by atoms with Crippen LogP contribution in [0.15, 0.2) is 73.1 Å². The molecule has 0 spiro atoms. The Hall–Kier alpha value is -3.20. The zero-order valence-electron chi connectivity index (χ0n) is 20.0. The molecule has 4 rings (SSSR count). The topological polar surface area (TPSA) is 30.7 Å². The Balaban J connectivity index is 1.98. The minimum atomic E-state index is 0.380. The maximum absolute atomic E-state index is 4.79. The van der Waals surface area contributed by atoms with Gasteiger partial charge in [-0.1, -0.05) is 102 Å². The standard InChI is InChI=1S/C29H33N3/c1-19(2)24-16-15-23(22-11-8-7-9-12-22)17-27(24)29-30-18-31-32(29)28-25(20(3)4)13-10-14-26(28)21(5)6/h7-21H,1-6H3. The van der Waals surface area contributed by atoms with Gasteiger partial charge in [0.1, 0.15) is 6.33 Å². The van der Waals surface area contributed by atoms with E-state index in [9.17, 15) is 0 Å². The first-order chi connectivity index (χ1) is 15.4. The summed E-state index contributed by atoms with van der Waals surface area (Å²) in [4.78, 5) is 4.79. The van der Waals surface area contributed by atoms with Gasteiger partial charge in [-0.25, -0.2) is 9.67 Å². The average molecular weight is 424 g/mol. The molecule has 0 atom stereocenters. The summed E-state index contributed by atoms with van der Waals surface area (Å²) < 4.78 is 2.07. The fraction of sp³-hybridized carbons (Fsp3) is 0.310. The van der Waals surface area contributed by atoms with E-state index in [0.717, 1.165) is 11.4 Å². The van der Waals surface area contributed by atoms with Gasteiger partial charge in [-0.3, -0.25) is 0 Å². The summed E-state index contributed by atoms with van der Waals surface area (Å²) in [6.07, 6.45) is 1.69. The maximum atomic E-state index is 4.79. The molecule has 3 aromatic carbocycles. The van der Waals surface area contributed by atoms with Gasteiger partial charge in [0.2, 0.25) is 0 Å². The molecule has 4 aromatic rings. The van der Waals surface area contributed by atoms with E-state index in [1.54, 1.807) is 6.33 Å². The normalized spacial score (nSPS) is 11.7. The molecule has 0 unspecified atom stereocenters. The molecule has 0 fully saturated rings. The van der Waals surface area contributed by atoms with Crippen LogP contribution in [0.25, 0.3) is 28.2 Å². The average Bonchev–Trinajstić information content (AvgIpc) is 3.28. The van der Waals surface area contributed by atoms with Crippen LogP contribution < -0.4 is 0 Å². The number of benzene rings is 3. The van der Waals surface area contributed by atoms with E-state index < -0.39 is 0 Å². The fourth-order valence-corrected chi connectivity index (χ4v) is 4.41. The Morgan fingerprint density at radius 1 is 0.625 bits per heavy atom. The summed E-state index contributed by atoms with van der Waals surface area (Å²) >= 11 is 0. The van der Waals surface area contributed by atoms with E-state index in [-0.39, 0.29) is 0 Å². The van der Waals surface area contributed by atoms with E-state index in [1.165, 1.54) is 33.5 Å². The van der Waals surface area contributed by atoms with Crippen LogP contribution in [-0.4, -0.2) is 14.8 Å². The molecular weight excluding hydrogens is 390 g/mol. The molecule has 32 heavy (non-hydrogen) atoms. The summed E-state index contributed by atoms with van der Waals surface area (Å²) in [7, 11) is 0. The molecule has 0 aliphatic rings. The summed E-state index contributed by atoms with van der Waals surface area (Å²) in [6, 6.07) is 23.9. The smallest absolute Gasteiger partial charge is 0.163 e. The molecule has 3 nitrogen and oxygen atoms in total. The monoisotopic (exact) mass is 423 g/mol. The van der Waals surface area contributed by atoms with Crippen molar-refractivity contribution in [3.63, 3.8) is 0 Å². The first kappa shape index (κ1) is 22.0. The van der Waals surface area contributed by atoms with Gasteiger partial charge in [0.15, 0.2) is 5.82 Å². The molecule has 0 aliphatic heterocycles. The van der Waals surface area contributed by atoms with E-state index in [2.05, 4.69) is 113 Å². The van der Waals surface area contributed by atoms with Crippen LogP contribution in [0, 0.1) is 0 Å². The van der Waals surface area contributed by atoms with Crippen LogP contribution in [0.2, 0.25) is 0 Å². The van der Waals surface area contributed by atoms with Gasteiger partial charge in [0.05, 0.1) is 5.69 Å². The summed E-state index contributed by atoms with van der Waals surface area (Å²) in [5.41, 5.74) is 8.60. The largest absolute Gasteiger partial charge is 0.215 e. The highest BCUT2D eigenvalue weighted by Crippen LogP contribution is 2.36. The highest BCUT2D eigenvalue weighted by atomic mass is 15.3. The molecule has 0 saturated carbocycles. The molecule has 0 aliphatic carbocycles. The molecule has 164 valence electrons. The lowest BCUT2D eigenvalue weighted by molar-refractivity contribution is 0.771. The first-order valence-corrected chi connectivity index (χ1v) is 11.6. The number of para-hydroxylation sites is 1. The molecular formula is C29H33N3. The van der Waals surface area contributed by atoms with E-state index in [4.69, 9.17) is 10.1 Å². The van der Waals surface area contributed by atoms with E-state index in [0.29, 0.717) is 17.8 Å². The minimum absolute atomic E-state index is 0.380. The SMILES string of the molecule is CC(C)c1ccc(-c2ccccc2)cc1-c1ncnn1-c1c(C(C)C)cccc1C(C)C. The van der Waals surface area contributed by atoms with Crippen molar-refractivity contribution in [2.75, 3.05) is 0 Å². The third-order valence-corrected chi connectivity index (χ3v) is 6.13. The van der Waals surface area contributed by atoms with Crippen LogP contribution in [0.5, 0.6) is 0 Å². The van der Waals surface area contributed by atoms with Crippen LogP contribution in [0.4, 0.5) is 0 Å². The van der Waals surface area contributed by atoms with E-state index >= 15 is 0 Å². The predicted molar refractivity (Wildman–Crippen MR) is 134 cm³/mol. The Labute approximate surface area is 192 Å². The summed E-state index contributed by atoms with van der Waals surface area (Å²) in [5, 5.41) is 4.76. The van der Waals surface area contributed by atoms with Crippen molar-refractivity contribution in [1.82, 2.24) is 14.8 Å². The van der Waals surface area contributed by atoms with Crippen LogP contribution in [0.3, 0.4) is 0 Å². The van der Waals surface area contributed by atoms with Crippen molar-refractivity contribution in [2.45, 2.75) is 59.3 Å². The van der Waals surface area contributed by atoms with Gasteiger partial charge in [0, 0.05) is 5.56 Å². The zero-order valence-corrected chi connectivity index (χ0v) is 20.0. The Bertz CT molecular complexity index is 1170. The summed E-state index contributed by atoms with van der Waals surface area (Å²) in [5.74, 6) is 2.06. The highest BCUT2D eigenvalue weighted by Gasteiger charge is 2.22.